The third-order valence-corrected chi connectivity index (χ3v) is 5.77. The van der Waals surface area contributed by atoms with Gasteiger partial charge < -0.3 is 15.1 Å². The fraction of sp³-hybridized carbons (Fsp3) is 0.800. The Bertz CT molecular complexity index is 573. The molecule has 1 N–H and O–H groups in total. The lowest BCUT2D eigenvalue weighted by Gasteiger charge is -2.31. The first-order valence-corrected chi connectivity index (χ1v) is 10.4. The van der Waals surface area contributed by atoms with Crippen LogP contribution in [0.2, 0.25) is 0 Å². The Kier molecular flexibility index (Phi) is 6.94. The SMILES string of the molecule is CCCN1CCC(CN=C(NCC)N2CCC(c3cnn(C)c3)C2)CC1. The molecule has 26 heavy (non-hydrogen) atoms. The zero-order valence-corrected chi connectivity index (χ0v) is 16.8. The second-order valence-electron chi connectivity index (χ2n) is 7.86. The van der Waals surface area contributed by atoms with Crippen LogP contribution in [0, 0.1) is 5.92 Å². The number of hydrogen-bond acceptors (Lipinski definition) is 3. The Morgan fingerprint density at radius 2 is 2.04 bits per heavy atom. The molecule has 146 valence electrons. The van der Waals surface area contributed by atoms with E-state index in [4.69, 9.17) is 4.99 Å². The molecule has 1 aromatic heterocycles. The summed E-state index contributed by atoms with van der Waals surface area (Å²) in [7, 11) is 1.99. The van der Waals surface area contributed by atoms with E-state index in [1.54, 1.807) is 0 Å². The Morgan fingerprint density at radius 1 is 1.23 bits per heavy atom. The Balaban J connectivity index is 1.53. The molecule has 0 radical (unpaired) electrons. The summed E-state index contributed by atoms with van der Waals surface area (Å²) >= 11 is 0. The predicted octanol–water partition coefficient (Wildman–Crippen LogP) is 2.30. The van der Waals surface area contributed by atoms with E-state index in [-0.39, 0.29) is 0 Å². The van der Waals surface area contributed by atoms with Crippen LogP contribution >= 0.6 is 0 Å². The van der Waals surface area contributed by atoms with E-state index in [9.17, 15) is 0 Å². The molecule has 2 aliphatic heterocycles. The largest absolute Gasteiger partial charge is 0.357 e. The second kappa shape index (κ2) is 9.40. The van der Waals surface area contributed by atoms with Crippen molar-refractivity contribution >= 4 is 5.96 Å². The Hall–Kier alpha value is -1.56. The number of nitrogens with zero attached hydrogens (tertiary/aromatic N) is 5. The molecule has 3 heterocycles. The number of nitrogens with one attached hydrogen (secondary N) is 1. The van der Waals surface area contributed by atoms with Gasteiger partial charge in [0.15, 0.2) is 5.96 Å². The smallest absolute Gasteiger partial charge is 0.193 e. The van der Waals surface area contributed by atoms with E-state index in [2.05, 4.69) is 40.3 Å². The van der Waals surface area contributed by atoms with Crippen molar-refractivity contribution in [3.63, 3.8) is 0 Å². The van der Waals surface area contributed by atoms with Crippen LogP contribution < -0.4 is 5.32 Å². The maximum atomic E-state index is 5.02. The number of likely N-dealkylation sites (tertiary alicyclic amines) is 2. The average Bonchev–Trinajstić information content (AvgIpc) is 3.29. The molecule has 2 aliphatic rings. The molecule has 6 heteroatoms. The van der Waals surface area contributed by atoms with Crippen LogP contribution in [0.25, 0.3) is 0 Å². The summed E-state index contributed by atoms with van der Waals surface area (Å²) in [4.78, 5) is 10.1. The molecule has 2 saturated heterocycles. The van der Waals surface area contributed by atoms with Crippen LogP contribution in [0.1, 0.15) is 51.0 Å². The van der Waals surface area contributed by atoms with E-state index in [0.29, 0.717) is 5.92 Å². The number of rotatable bonds is 6. The van der Waals surface area contributed by atoms with Crippen molar-refractivity contribution in [1.29, 1.82) is 0 Å². The molecular formula is C20H36N6. The van der Waals surface area contributed by atoms with Gasteiger partial charge in [0.2, 0.25) is 0 Å². The summed E-state index contributed by atoms with van der Waals surface area (Å²) in [6.07, 6.45) is 9.21. The van der Waals surface area contributed by atoms with E-state index in [1.165, 1.54) is 50.9 Å². The van der Waals surface area contributed by atoms with Gasteiger partial charge in [0.25, 0.3) is 0 Å². The molecule has 0 aromatic carbocycles. The predicted molar refractivity (Wildman–Crippen MR) is 108 cm³/mol. The lowest BCUT2D eigenvalue weighted by molar-refractivity contribution is 0.188. The van der Waals surface area contributed by atoms with Gasteiger partial charge in [-0.2, -0.15) is 5.10 Å². The van der Waals surface area contributed by atoms with Crippen LogP contribution in [0.15, 0.2) is 17.4 Å². The summed E-state index contributed by atoms with van der Waals surface area (Å²) in [5.41, 5.74) is 1.36. The van der Waals surface area contributed by atoms with Gasteiger partial charge in [-0.05, 0) is 63.7 Å². The van der Waals surface area contributed by atoms with Crippen molar-refractivity contribution < 1.29 is 0 Å². The highest BCUT2D eigenvalue weighted by molar-refractivity contribution is 5.80. The maximum absolute atomic E-state index is 5.02. The van der Waals surface area contributed by atoms with Crippen LogP contribution in [-0.2, 0) is 7.05 Å². The number of aromatic nitrogens is 2. The van der Waals surface area contributed by atoms with E-state index >= 15 is 0 Å². The highest BCUT2D eigenvalue weighted by Crippen LogP contribution is 2.27. The number of aryl methyl sites for hydroxylation is 1. The second-order valence-corrected chi connectivity index (χ2v) is 7.86. The molecule has 0 bridgehead atoms. The normalized spacial score (nSPS) is 23.0. The quantitative estimate of drug-likeness (QED) is 0.625. The van der Waals surface area contributed by atoms with Crippen molar-refractivity contribution in [2.24, 2.45) is 18.0 Å². The van der Waals surface area contributed by atoms with Gasteiger partial charge in [-0.3, -0.25) is 9.67 Å². The van der Waals surface area contributed by atoms with E-state index < -0.39 is 0 Å². The molecule has 1 unspecified atom stereocenters. The van der Waals surface area contributed by atoms with Gasteiger partial charge in [0, 0.05) is 45.3 Å². The monoisotopic (exact) mass is 360 g/mol. The third-order valence-electron chi connectivity index (χ3n) is 5.77. The number of aliphatic imine (C=N–C) groups is 1. The maximum Gasteiger partial charge on any atom is 0.193 e. The lowest BCUT2D eigenvalue weighted by Crippen LogP contribution is -2.41. The molecule has 6 nitrogen and oxygen atoms in total. The van der Waals surface area contributed by atoms with Crippen LogP contribution in [0.4, 0.5) is 0 Å². The molecule has 1 atom stereocenters. The van der Waals surface area contributed by atoms with E-state index in [1.807, 2.05) is 17.9 Å². The minimum absolute atomic E-state index is 0.574. The summed E-state index contributed by atoms with van der Waals surface area (Å²) in [6, 6.07) is 0. The van der Waals surface area contributed by atoms with Gasteiger partial charge in [-0.15, -0.1) is 0 Å². The van der Waals surface area contributed by atoms with Crippen molar-refractivity contribution in [1.82, 2.24) is 24.9 Å². The van der Waals surface area contributed by atoms with Crippen molar-refractivity contribution in [3.05, 3.63) is 18.0 Å². The number of hydrogen-bond donors (Lipinski definition) is 1. The van der Waals surface area contributed by atoms with Crippen LogP contribution in [-0.4, -0.2) is 71.4 Å². The van der Waals surface area contributed by atoms with Crippen molar-refractivity contribution in [2.75, 3.05) is 45.8 Å². The molecule has 0 spiro atoms. The first kappa shape index (κ1) is 19.2. The fourth-order valence-corrected chi connectivity index (χ4v) is 4.23. The van der Waals surface area contributed by atoms with Gasteiger partial charge in [-0.1, -0.05) is 6.92 Å². The molecule has 0 amide bonds. The standard InChI is InChI=1S/C20H36N6/c1-4-9-25-10-6-17(7-11-25)13-22-20(21-5-2)26-12-8-18(16-26)19-14-23-24(3)15-19/h14-15,17-18H,4-13,16H2,1-3H3,(H,21,22). The number of piperidine rings is 1. The van der Waals surface area contributed by atoms with Gasteiger partial charge in [-0.25, -0.2) is 0 Å². The molecular weight excluding hydrogens is 324 g/mol. The first-order valence-electron chi connectivity index (χ1n) is 10.4. The molecule has 3 rings (SSSR count). The number of guanidine groups is 1. The topological polar surface area (TPSA) is 48.7 Å². The summed E-state index contributed by atoms with van der Waals surface area (Å²) in [5.74, 6) is 2.42. The minimum atomic E-state index is 0.574. The van der Waals surface area contributed by atoms with Crippen molar-refractivity contribution in [2.45, 2.75) is 45.4 Å². The van der Waals surface area contributed by atoms with Crippen LogP contribution in [0.3, 0.4) is 0 Å². The lowest BCUT2D eigenvalue weighted by atomic mass is 9.97. The minimum Gasteiger partial charge on any atom is -0.357 e. The highest BCUT2D eigenvalue weighted by atomic mass is 15.3. The zero-order valence-electron chi connectivity index (χ0n) is 16.8. The first-order chi connectivity index (χ1) is 12.7. The fourth-order valence-electron chi connectivity index (χ4n) is 4.23. The molecule has 0 aliphatic carbocycles. The van der Waals surface area contributed by atoms with Gasteiger partial charge in [0.1, 0.15) is 0 Å². The highest BCUT2D eigenvalue weighted by Gasteiger charge is 2.27. The molecule has 1 aromatic rings. The van der Waals surface area contributed by atoms with E-state index in [0.717, 1.165) is 38.1 Å². The Labute approximate surface area is 158 Å². The average molecular weight is 361 g/mol. The van der Waals surface area contributed by atoms with Crippen molar-refractivity contribution in [3.8, 4) is 0 Å². The summed E-state index contributed by atoms with van der Waals surface area (Å²) < 4.78 is 1.90. The molecule has 2 fully saturated rings. The van der Waals surface area contributed by atoms with Gasteiger partial charge >= 0.3 is 0 Å². The Morgan fingerprint density at radius 3 is 2.69 bits per heavy atom. The van der Waals surface area contributed by atoms with Crippen LogP contribution in [0.5, 0.6) is 0 Å². The third kappa shape index (κ3) is 5.00. The zero-order chi connectivity index (χ0) is 18.4. The van der Waals surface area contributed by atoms with Gasteiger partial charge in [0.05, 0.1) is 6.20 Å². The summed E-state index contributed by atoms with van der Waals surface area (Å²) in [5, 5.41) is 7.85. The molecule has 0 saturated carbocycles. The summed E-state index contributed by atoms with van der Waals surface area (Å²) in [6.45, 7) is 12.2.